The second-order valence-corrected chi connectivity index (χ2v) is 5.50. The van der Waals surface area contributed by atoms with Crippen molar-refractivity contribution in [2.24, 2.45) is 0 Å². The van der Waals surface area contributed by atoms with E-state index in [4.69, 9.17) is 4.74 Å². The lowest BCUT2D eigenvalue weighted by molar-refractivity contribution is -0.121. The number of ether oxygens (including phenoxy) is 1. The number of nitrogens with zero attached hydrogens (tertiary/aromatic N) is 4. The molecule has 0 unspecified atom stereocenters. The molecule has 8 heteroatoms. The number of methoxy groups -OCH3 is 1. The molecule has 2 aromatic heterocycles. The molecule has 2 heterocycles. The summed E-state index contributed by atoms with van der Waals surface area (Å²) < 4.78 is 7.81. The Morgan fingerprint density at radius 1 is 1.28 bits per heavy atom. The number of aromatic nitrogens is 4. The van der Waals surface area contributed by atoms with E-state index in [-0.39, 0.29) is 18.0 Å². The van der Waals surface area contributed by atoms with Crippen molar-refractivity contribution in [3.8, 4) is 5.69 Å². The van der Waals surface area contributed by atoms with Gasteiger partial charge < -0.3 is 10.1 Å². The van der Waals surface area contributed by atoms with Crippen molar-refractivity contribution in [2.75, 3.05) is 20.3 Å². The van der Waals surface area contributed by atoms with Gasteiger partial charge in [0.05, 0.1) is 11.9 Å². The lowest BCUT2D eigenvalue weighted by atomic mass is 10.3. The normalized spacial score (nSPS) is 10.9. The lowest BCUT2D eigenvalue weighted by Gasteiger charge is -2.07. The molecule has 25 heavy (non-hydrogen) atoms. The van der Waals surface area contributed by atoms with Gasteiger partial charge in [0.25, 0.3) is 5.56 Å². The first-order valence-corrected chi connectivity index (χ1v) is 7.95. The number of hydrogen-bond acceptors (Lipinski definition) is 5. The van der Waals surface area contributed by atoms with Crippen LogP contribution in [0, 0.1) is 0 Å². The number of para-hydroxylation sites is 1. The molecule has 0 aliphatic heterocycles. The zero-order valence-corrected chi connectivity index (χ0v) is 13.9. The highest BCUT2D eigenvalue weighted by molar-refractivity contribution is 5.77. The van der Waals surface area contributed by atoms with Crippen molar-refractivity contribution in [1.29, 1.82) is 0 Å². The van der Waals surface area contributed by atoms with Gasteiger partial charge in [-0.25, -0.2) is 9.67 Å². The Balaban J connectivity index is 1.79. The molecule has 0 fully saturated rings. The van der Waals surface area contributed by atoms with Crippen molar-refractivity contribution >= 4 is 16.9 Å². The fraction of sp³-hybridized carbons (Fsp3) is 0.294. The van der Waals surface area contributed by atoms with E-state index in [2.05, 4.69) is 15.4 Å². The number of fused-ring (bicyclic) bond motifs is 1. The third-order valence-electron chi connectivity index (χ3n) is 3.72. The fourth-order valence-corrected chi connectivity index (χ4v) is 2.47. The van der Waals surface area contributed by atoms with E-state index in [1.165, 1.54) is 17.1 Å². The van der Waals surface area contributed by atoms with Gasteiger partial charge in [0.1, 0.15) is 18.3 Å². The van der Waals surface area contributed by atoms with E-state index in [9.17, 15) is 9.59 Å². The Morgan fingerprint density at radius 3 is 2.84 bits per heavy atom. The summed E-state index contributed by atoms with van der Waals surface area (Å²) in [6, 6.07) is 9.44. The smallest absolute Gasteiger partial charge is 0.264 e. The highest BCUT2D eigenvalue weighted by atomic mass is 16.5. The van der Waals surface area contributed by atoms with Gasteiger partial charge in [-0.05, 0) is 18.6 Å². The van der Waals surface area contributed by atoms with Crippen LogP contribution in [0.1, 0.15) is 6.42 Å². The highest BCUT2D eigenvalue weighted by Gasteiger charge is 2.12. The van der Waals surface area contributed by atoms with Crippen LogP contribution >= 0.6 is 0 Å². The maximum absolute atomic E-state index is 12.6. The van der Waals surface area contributed by atoms with Gasteiger partial charge in [-0.3, -0.25) is 14.2 Å². The van der Waals surface area contributed by atoms with Crippen LogP contribution in [0.3, 0.4) is 0 Å². The molecule has 0 spiro atoms. The van der Waals surface area contributed by atoms with Crippen LogP contribution in [0.15, 0.2) is 47.7 Å². The quantitative estimate of drug-likeness (QED) is 0.640. The molecule has 1 aromatic carbocycles. The number of benzene rings is 1. The number of carbonyl (C=O) groups is 1. The summed E-state index contributed by atoms with van der Waals surface area (Å²) in [6.07, 6.45) is 3.57. The van der Waals surface area contributed by atoms with E-state index in [1.54, 1.807) is 11.8 Å². The summed E-state index contributed by atoms with van der Waals surface area (Å²) in [5.41, 5.74) is 0.991. The second kappa shape index (κ2) is 7.71. The van der Waals surface area contributed by atoms with Crippen LogP contribution in [-0.4, -0.2) is 45.5 Å². The molecule has 1 N–H and O–H groups in total. The summed E-state index contributed by atoms with van der Waals surface area (Å²) in [6.45, 7) is 1.00. The largest absolute Gasteiger partial charge is 0.385 e. The van der Waals surface area contributed by atoms with Crippen molar-refractivity contribution in [3.63, 3.8) is 0 Å². The van der Waals surface area contributed by atoms with Crippen LogP contribution in [-0.2, 0) is 16.1 Å². The molecule has 0 aliphatic carbocycles. The number of carbonyl (C=O) groups excluding carboxylic acids is 1. The van der Waals surface area contributed by atoms with Gasteiger partial charge in [-0.15, -0.1) is 0 Å². The highest BCUT2D eigenvalue weighted by Crippen LogP contribution is 2.12. The third kappa shape index (κ3) is 3.74. The predicted molar refractivity (Wildman–Crippen MR) is 92.6 cm³/mol. The molecule has 0 saturated heterocycles. The van der Waals surface area contributed by atoms with Gasteiger partial charge >= 0.3 is 0 Å². The van der Waals surface area contributed by atoms with E-state index in [1.807, 2.05) is 30.3 Å². The Labute approximate surface area is 144 Å². The van der Waals surface area contributed by atoms with E-state index in [0.29, 0.717) is 24.2 Å². The molecule has 0 saturated carbocycles. The molecule has 8 nitrogen and oxygen atoms in total. The van der Waals surface area contributed by atoms with Crippen LogP contribution in [0.2, 0.25) is 0 Å². The van der Waals surface area contributed by atoms with Gasteiger partial charge in [-0.2, -0.15) is 5.10 Å². The van der Waals surface area contributed by atoms with Crippen LogP contribution < -0.4 is 10.9 Å². The monoisotopic (exact) mass is 341 g/mol. The van der Waals surface area contributed by atoms with E-state index in [0.717, 1.165) is 12.1 Å². The van der Waals surface area contributed by atoms with Gasteiger partial charge in [0, 0.05) is 20.3 Å². The Morgan fingerprint density at radius 2 is 2.08 bits per heavy atom. The zero-order valence-electron chi connectivity index (χ0n) is 13.9. The molecule has 0 atom stereocenters. The SMILES string of the molecule is COCCCNC(=O)Cn1cnc2c(cnn2-c2ccccc2)c1=O. The summed E-state index contributed by atoms with van der Waals surface area (Å²) in [4.78, 5) is 28.8. The predicted octanol–water partition coefficient (Wildman–Crippen LogP) is 0.735. The molecular weight excluding hydrogens is 322 g/mol. The van der Waals surface area contributed by atoms with Crippen molar-refractivity contribution in [2.45, 2.75) is 13.0 Å². The van der Waals surface area contributed by atoms with Crippen molar-refractivity contribution < 1.29 is 9.53 Å². The van der Waals surface area contributed by atoms with Crippen LogP contribution in [0.25, 0.3) is 16.7 Å². The molecule has 130 valence electrons. The minimum Gasteiger partial charge on any atom is -0.385 e. The van der Waals surface area contributed by atoms with Crippen molar-refractivity contribution in [3.05, 3.63) is 53.2 Å². The number of rotatable bonds is 7. The number of hydrogen-bond donors (Lipinski definition) is 1. The first-order chi connectivity index (χ1) is 12.2. The number of nitrogens with one attached hydrogen (secondary N) is 1. The molecular formula is C17H19N5O3. The zero-order chi connectivity index (χ0) is 17.6. The second-order valence-electron chi connectivity index (χ2n) is 5.50. The van der Waals surface area contributed by atoms with Crippen molar-refractivity contribution in [1.82, 2.24) is 24.6 Å². The lowest BCUT2D eigenvalue weighted by Crippen LogP contribution is -2.33. The molecule has 3 rings (SSSR count). The number of amides is 1. The van der Waals surface area contributed by atoms with Crippen LogP contribution in [0.5, 0.6) is 0 Å². The van der Waals surface area contributed by atoms with E-state index < -0.39 is 0 Å². The van der Waals surface area contributed by atoms with Gasteiger partial charge in [0.15, 0.2) is 5.65 Å². The average molecular weight is 341 g/mol. The molecule has 0 radical (unpaired) electrons. The topological polar surface area (TPSA) is 91.0 Å². The summed E-state index contributed by atoms with van der Waals surface area (Å²) >= 11 is 0. The van der Waals surface area contributed by atoms with Gasteiger partial charge in [-0.1, -0.05) is 18.2 Å². The fourth-order valence-electron chi connectivity index (χ4n) is 2.47. The minimum atomic E-state index is -0.292. The average Bonchev–Trinajstić information content (AvgIpc) is 3.07. The van der Waals surface area contributed by atoms with Gasteiger partial charge in [0.2, 0.25) is 5.91 Å². The first-order valence-electron chi connectivity index (χ1n) is 7.95. The third-order valence-corrected chi connectivity index (χ3v) is 3.72. The molecule has 0 aliphatic rings. The minimum absolute atomic E-state index is 0.0781. The molecule has 0 bridgehead atoms. The Hall–Kier alpha value is -3.00. The molecule has 1 amide bonds. The Bertz CT molecular complexity index is 917. The maximum atomic E-state index is 12.6. The van der Waals surface area contributed by atoms with Crippen LogP contribution in [0.4, 0.5) is 0 Å². The summed E-state index contributed by atoms with van der Waals surface area (Å²) in [5, 5.41) is 7.36. The first kappa shape index (κ1) is 16.8. The summed E-state index contributed by atoms with van der Waals surface area (Å²) in [5.74, 6) is -0.241. The summed E-state index contributed by atoms with van der Waals surface area (Å²) in [7, 11) is 1.61. The molecule has 3 aromatic rings. The van der Waals surface area contributed by atoms with E-state index >= 15 is 0 Å². The Kier molecular flexibility index (Phi) is 5.20. The maximum Gasteiger partial charge on any atom is 0.264 e. The standard InChI is InChI=1S/C17H19N5O3/c1-25-9-5-8-18-15(23)11-21-12-19-16-14(17(21)24)10-20-22(16)13-6-3-2-4-7-13/h2-4,6-7,10,12H,5,8-9,11H2,1H3,(H,18,23).